The van der Waals surface area contributed by atoms with Gasteiger partial charge in [-0.05, 0) is 31.6 Å². The van der Waals surface area contributed by atoms with Gasteiger partial charge in [-0.25, -0.2) is 9.13 Å². The molecule has 5 atom stereocenters. The fourth-order valence-electron chi connectivity index (χ4n) is 11.5. The van der Waals surface area contributed by atoms with Crippen LogP contribution in [0.2, 0.25) is 0 Å². The van der Waals surface area contributed by atoms with Crippen LogP contribution in [-0.2, 0) is 65.4 Å². The molecule has 0 aromatic heterocycles. The maximum Gasteiger partial charge on any atom is 0.472 e. The molecule has 0 bridgehead atoms. The molecule has 0 spiro atoms. The van der Waals surface area contributed by atoms with Crippen molar-refractivity contribution in [3.05, 3.63) is 0 Å². The summed E-state index contributed by atoms with van der Waals surface area (Å²) in [5, 5.41) is 10.6. The zero-order valence-corrected chi connectivity index (χ0v) is 62.9. The Kier molecular flexibility index (Phi) is 66.8. The maximum absolute atomic E-state index is 13.1. The average molecular weight is 1380 g/mol. The number of phosphoric acid groups is 2. The number of phosphoric ester groups is 2. The highest BCUT2D eigenvalue weighted by Gasteiger charge is 2.30. The van der Waals surface area contributed by atoms with Gasteiger partial charge in [0.25, 0.3) is 0 Å². The van der Waals surface area contributed by atoms with Crippen LogP contribution in [0, 0.1) is 5.92 Å². The number of unbranched alkanes of at least 4 members (excludes halogenated alkanes) is 47. The van der Waals surface area contributed by atoms with E-state index in [1.54, 1.807) is 0 Å². The number of aliphatic hydroxyl groups excluding tert-OH is 1. The number of ether oxygens (including phenoxy) is 4. The molecule has 558 valence electrons. The highest BCUT2D eigenvalue weighted by atomic mass is 31.2. The molecule has 0 amide bonds. The highest BCUT2D eigenvalue weighted by Crippen LogP contribution is 2.45. The van der Waals surface area contributed by atoms with Crippen molar-refractivity contribution in [3.63, 3.8) is 0 Å². The van der Waals surface area contributed by atoms with Crippen molar-refractivity contribution >= 4 is 39.5 Å². The largest absolute Gasteiger partial charge is 0.472 e. The number of esters is 4. The minimum atomic E-state index is -4.95. The van der Waals surface area contributed by atoms with Crippen LogP contribution in [0.4, 0.5) is 0 Å². The summed E-state index contributed by atoms with van der Waals surface area (Å²) in [6, 6.07) is 0. The summed E-state index contributed by atoms with van der Waals surface area (Å²) >= 11 is 0. The lowest BCUT2D eigenvalue weighted by Gasteiger charge is -2.21. The Morgan fingerprint density at radius 1 is 0.287 bits per heavy atom. The number of rotatable bonds is 75. The predicted octanol–water partition coefficient (Wildman–Crippen LogP) is 22.1. The fraction of sp³-hybridized carbons (Fsp3) is 0.947. The molecule has 0 fully saturated rings. The SMILES string of the molecule is CCCCCCCCCCCCCCCCCCCCCCCC(=O)O[C@H](COC(=O)CCCCCCCCCCCCCC)COP(=O)(O)OC[C@@H](O)COP(=O)(O)OC[C@@H](COC(=O)CCCCCCCCC(C)C)OC(=O)CCCCCCCCCCCCCC. The Labute approximate surface area is 575 Å². The molecule has 19 heteroatoms. The van der Waals surface area contributed by atoms with Gasteiger partial charge in [0.1, 0.15) is 19.3 Å². The number of hydrogen-bond acceptors (Lipinski definition) is 15. The van der Waals surface area contributed by atoms with Gasteiger partial charge in [0.15, 0.2) is 12.2 Å². The summed E-state index contributed by atoms with van der Waals surface area (Å²) in [5.41, 5.74) is 0. The van der Waals surface area contributed by atoms with E-state index in [1.165, 1.54) is 212 Å². The first kappa shape index (κ1) is 92.1. The Bertz CT molecular complexity index is 1810. The molecule has 3 N–H and O–H groups in total. The smallest absolute Gasteiger partial charge is 0.462 e. The second-order valence-corrected chi connectivity index (χ2v) is 30.4. The Hall–Kier alpha value is -1.94. The normalized spacial score (nSPS) is 14.0. The third-order valence-electron chi connectivity index (χ3n) is 17.5. The molecule has 2 unspecified atom stereocenters. The molecule has 0 rings (SSSR count). The molecule has 0 aliphatic heterocycles. The van der Waals surface area contributed by atoms with Gasteiger partial charge in [0.05, 0.1) is 26.4 Å². The number of carbonyl (C=O) groups is 4. The quantitative estimate of drug-likeness (QED) is 0.0222. The van der Waals surface area contributed by atoms with Crippen molar-refractivity contribution < 1.29 is 80.2 Å². The summed E-state index contributed by atoms with van der Waals surface area (Å²) in [6.45, 7) is 7.20. The van der Waals surface area contributed by atoms with Crippen molar-refractivity contribution in [1.29, 1.82) is 0 Å². The van der Waals surface area contributed by atoms with E-state index < -0.39 is 97.5 Å². The van der Waals surface area contributed by atoms with Crippen molar-refractivity contribution in [3.8, 4) is 0 Å². The summed E-state index contributed by atoms with van der Waals surface area (Å²) < 4.78 is 68.4. The van der Waals surface area contributed by atoms with Gasteiger partial charge in [0.2, 0.25) is 0 Å². The van der Waals surface area contributed by atoms with E-state index in [0.29, 0.717) is 31.6 Å². The molecule has 0 saturated carbocycles. The third-order valence-corrected chi connectivity index (χ3v) is 19.4. The lowest BCUT2D eigenvalue weighted by atomic mass is 10.0. The van der Waals surface area contributed by atoms with E-state index in [4.69, 9.17) is 37.0 Å². The van der Waals surface area contributed by atoms with Gasteiger partial charge in [-0.2, -0.15) is 0 Å². The zero-order valence-electron chi connectivity index (χ0n) is 61.1. The summed E-state index contributed by atoms with van der Waals surface area (Å²) in [5.74, 6) is -1.44. The van der Waals surface area contributed by atoms with E-state index in [9.17, 15) is 43.2 Å². The Morgan fingerprint density at radius 3 is 0.723 bits per heavy atom. The number of carbonyl (C=O) groups excluding carboxylic acids is 4. The van der Waals surface area contributed by atoms with Gasteiger partial charge in [-0.1, -0.05) is 343 Å². The first-order chi connectivity index (χ1) is 45.5. The molecule has 0 saturated heterocycles. The standard InChI is InChI=1S/C75H146O17P2/c1-6-9-12-15-18-21-24-27-28-29-30-31-32-33-34-35-38-41-44-51-56-61-75(80)91-70(64-85-72(77)58-53-48-42-39-36-25-22-19-16-13-10-7-2)66-89-93(81,82)87-62-69(76)63-88-94(83,84)90-67-71(65-86-73(78)59-54-49-46-45-47-52-57-68(4)5)92-74(79)60-55-50-43-40-37-26-23-20-17-14-11-8-3/h68-71,76H,6-67H2,1-5H3,(H,81,82)(H,83,84)/t69-,70-,71-/m1/s1. The van der Waals surface area contributed by atoms with Crippen molar-refractivity contribution in [1.82, 2.24) is 0 Å². The second kappa shape index (κ2) is 68.2. The average Bonchev–Trinajstić information content (AvgIpc) is 1.48. The molecule has 17 nitrogen and oxygen atoms in total. The molecule has 94 heavy (non-hydrogen) atoms. The summed E-state index contributed by atoms with van der Waals surface area (Å²) in [6.07, 6.45) is 57.1. The second-order valence-electron chi connectivity index (χ2n) is 27.5. The maximum atomic E-state index is 13.1. The number of hydrogen-bond donors (Lipinski definition) is 3. The van der Waals surface area contributed by atoms with E-state index in [2.05, 4.69) is 34.6 Å². The molecular weight excluding hydrogens is 1230 g/mol. The predicted molar refractivity (Wildman–Crippen MR) is 382 cm³/mol. The van der Waals surface area contributed by atoms with Gasteiger partial charge in [-0.15, -0.1) is 0 Å². The van der Waals surface area contributed by atoms with Gasteiger partial charge in [0, 0.05) is 25.7 Å². The van der Waals surface area contributed by atoms with Crippen LogP contribution >= 0.6 is 15.6 Å². The molecule has 0 aliphatic rings. The Morgan fingerprint density at radius 2 is 0.489 bits per heavy atom. The van der Waals surface area contributed by atoms with E-state index in [-0.39, 0.29) is 25.7 Å². The van der Waals surface area contributed by atoms with Gasteiger partial charge in [-0.3, -0.25) is 37.3 Å². The van der Waals surface area contributed by atoms with Crippen LogP contribution in [0.5, 0.6) is 0 Å². The molecule has 0 aromatic rings. The monoisotopic (exact) mass is 1380 g/mol. The first-order valence-electron chi connectivity index (χ1n) is 39.1. The van der Waals surface area contributed by atoms with Crippen LogP contribution in [0.3, 0.4) is 0 Å². The minimum absolute atomic E-state index is 0.107. The van der Waals surface area contributed by atoms with Crippen LogP contribution in [0.15, 0.2) is 0 Å². The van der Waals surface area contributed by atoms with Gasteiger partial charge >= 0.3 is 39.5 Å². The van der Waals surface area contributed by atoms with E-state index in [0.717, 1.165) is 96.3 Å². The zero-order chi connectivity index (χ0) is 69.1. The van der Waals surface area contributed by atoms with E-state index >= 15 is 0 Å². The topological polar surface area (TPSA) is 237 Å². The van der Waals surface area contributed by atoms with E-state index in [1.807, 2.05) is 0 Å². The van der Waals surface area contributed by atoms with Crippen molar-refractivity contribution in [2.75, 3.05) is 39.6 Å². The molecule has 0 radical (unpaired) electrons. The summed E-state index contributed by atoms with van der Waals surface area (Å²) in [4.78, 5) is 72.7. The van der Waals surface area contributed by atoms with Gasteiger partial charge < -0.3 is 33.8 Å². The molecule has 0 heterocycles. The first-order valence-corrected chi connectivity index (χ1v) is 42.1. The van der Waals surface area contributed by atoms with Crippen molar-refractivity contribution in [2.45, 2.75) is 412 Å². The highest BCUT2D eigenvalue weighted by molar-refractivity contribution is 7.47. The fourth-order valence-corrected chi connectivity index (χ4v) is 13.1. The van der Waals surface area contributed by atoms with Crippen LogP contribution < -0.4 is 0 Å². The Balaban J connectivity index is 5.17. The van der Waals surface area contributed by atoms with Crippen LogP contribution in [-0.4, -0.2) is 96.7 Å². The van der Waals surface area contributed by atoms with Crippen LogP contribution in [0.25, 0.3) is 0 Å². The minimum Gasteiger partial charge on any atom is -0.462 e. The van der Waals surface area contributed by atoms with Crippen LogP contribution in [0.1, 0.15) is 394 Å². The lowest BCUT2D eigenvalue weighted by Crippen LogP contribution is -2.30. The third kappa shape index (κ3) is 68.6. The molecule has 0 aromatic carbocycles. The summed E-state index contributed by atoms with van der Waals surface area (Å²) in [7, 11) is -9.90. The lowest BCUT2D eigenvalue weighted by molar-refractivity contribution is -0.161. The van der Waals surface area contributed by atoms with Crippen molar-refractivity contribution in [2.24, 2.45) is 5.92 Å². The number of aliphatic hydroxyl groups is 1. The molecule has 0 aliphatic carbocycles. The molecular formula is C75H146O17P2.